The number of methoxy groups -OCH3 is 1. The number of aryl methyl sites for hydroxylation is 1. The Kier molecular flexibility index (Phi) is 8.38. The van der Waals surface area contributed by atoms with Crippen LogP contribution in [0.2, 0.25) is 0 Å². The zero-order valence-electron chi connectivity index (χ0n) is 25.2. The van der Waals surface area contributed by atoms with E-state index < -0.39 is 47.2 Å². The number of alkyl carbamates (subject to hydrolysis) is 1. The quantitative estimate of drug-likeness (QED) is 0.405. The van der Waals surface area contributed by atoms with Gasteiger partial charge in [-0.2, -0.15) is 0 Å². The molecule has 2 N–H and O–H groups in total. The number of benzene rings is 1. The van der Waals surface area contributed by atoms with E-state index in [0.717, 1.165) is 5.56 Å². The number of nitrogens with one attached hydrogen (secondary N) is 1. The molecular weight excluding hydrogens is 544 g/mol. The van der Waals surface area contributed by atoms with Crippen LogP contribution < -0.4 is 14.8 Å². The highest BCUT2D eigenvalue weighted by atomic mass is 16.6. The van der Waals surface area contributed by atoms with Gasteiger partial charge in [0.2, 0.25) is 11.5 Å². The number of carbonyl (C=O) groups is 3. The number of carboxylic acid groups (broad SMARTS) is 1. The minimum absolute atomic E-state index is 0.0207. The Bertz CT molecular complexity index is 1470. The molecule has 42 heavy (non-hydrogen) atoms. The summed E-state index contributed by atoms with van der Waals surface area (Å²) in [7, 11) is 1.59. The van der Waals surface area contributed by atoms with Crippen molar-refractivity contribution in [2.75, 3.05) is 13.7 Å². The molecule has 12 heteroatoms. The lowest BCUT2D eigenvalue weighted by molar-refractivity contribution is -0.150. The summed E-state index contributed by atoms with van der Waals surface area (Å²) in [6, 6.07) is 6.85. The average molecular weight is 583 g/mol. The molecule has 1 aliphatic heterocycles. The maximum atomic E-state index is 13.8. The molecule has 3 aromatic rings. The number of ether oxygens (including phenoxy) is 3. The van der Waals surface area contributed by atoms with Crippen molar-refractivity contribution in [2.24, 2.45) is 5.41 Å². The molecule has 0 saturated carbocycles. The lowest BCUT2D eigenvalue weighted by atomic mass is 9.85. The SMILES string of the molecule is COc1ccc(-c2cc(OC3C[C@@H](C(=O)O)N(C(=O)[C@@H](NC(=O)OC(C)(C)C)C(C)(C)C)C3)c3onc(C)c3n2)cc1. The van der Waals surface area contributed by atoms with Crippen molar-refractivity contribution in [3.05, 3.63) is 36.0 Å². The zero-order valence-corrected chi connectivity index (χ0v) is 25.2. The number of fused-ring (bicyclic) bond motifs is 1. The minimum Gasteiger partial charge on any atom is -0.497 e. The van der Waals surface area contributed by atoms with Gasteiger partial charge in [-0.3, -0.25) is 4.79 Å². The monoisotopic (exact) mass is 582 g/mol. The topological polar surface area (TPSA) is 153 Å². The average Bonchev–Trinajstić information content (AvgIpc) is 3.49. The van der Waals surface area contributed by atoms with E-state index in [1.54, 1.807) is 61.6 Å². The fraction of sp³-hybridized carbons (Fsp3) is 0.500. The third kappa shape index (κ3) is 6.75. The Morgan fingerprint density at radius 3 is 2.36 bits per heavy atom. The van der Waals surface area contributed by atoms with Crippen LogP contribution in [0.5, 0.6) is 11.5 Å². The van der Waals surface area contributed by atoms with Crippen LogP contribution in [0.4, 0.5) is 4.79 Å². The van der Waals surface area contributed by atoms with Gasteiger partial charge in [0.25, 0.3) is 0 Å². The minimum atomic E-state index is -1.17. The van der Waals surface area contributed by atoms with Crippen LogP contribution in [-0.4, -0.2) is 75.6 Å². The first-order chi connectivity index (χ1) is 19.6. The second-order valence-electron chi connectivity index (χ2n) is 12.4. The van der Waals surface area contributed by atoms with Gasteiger partial charge in [0, 0.05) is 18.1 Å². The zero-order chi connectivity index (χ0) is 31.0. The maximum Gasteiger partial charge on any atom is 0.408 e. The maximum absolute atomic E-state index is 13.8. The third-order valence-electron chi connectivity index (χ3n) is 6.84. The first-order valence-electron chi connectivity index (χ1n) is 13.7. The van der Waals surface area contributed by atoms with E-state index in [1.165, 1.54) is 4.90 Å². The molecule has 1 saturated heterocycles. The number of carbonyl (C=O) groups excluding carboxylic acids is 2. The van der Waals surface area contributed by atoms with Crippen molar-refractivity contribution in [2.45, 2.75) is 78.7 Å². The lowest BCUT2D eigenvalue weighted by Gasteiger charge is -2.35. The van der Waals surface area contributed by atoms with Crippen molar-refractivity contribution in [1.82, 2.24) is 20.4 Å². The standard InChI is InChI=1S/C30H38N4O8/c1-16-23-24(42-33-16)22(14-20(31-23)17-9-11-18(39-8)12-10-17)40-19-13-21(27(36)37)34(15-19)26(35)25(29(2,3)4)32-28(38)41-30(5,6)7/h9-12,14,19,21,25H,13,15H2,1-8H3,(H,32,38)(H,36,37)/t19?,21-,25+/m0/s1. The molecule has 0 bridgehead atoms. The molecule has 1 aliphatic rings. The Morgan fingerprint density at radius 2 is 1.79 bits per heavy atom. The molecule has 12 nitrogen and oxygen atoms in total. The number of aliphatic carboxylic acids is 1. The highest BCUT2D eigenvalue weighted by Gasteiger charge is 2.46. The predicted molar refractivity (Wildman–Crippen MR) is 153 cm³/mol. The van der Waals surface area contributed by atoms with Crippen molar-refractivity contribution in [1.29, 1.82) is 0 Å². The lowest BCUT2D eigenvalue weighted by Crippen LogP contribution is -2.57. The molecule has 1 aromatic carbocycles. The third-order valence-corrected chi connectivity index (χ3v) is 6.84. The van der Waals surface area contributed by atoms with Crippen LogP contribution >= 0.6 is 0 Å². The summed E-state index contributed by atoms with van der Waals surface area (Å²) in [6.07, 6.45) is -1.42. The predicted octanol–water partition coefficient (Wildman–Crippen LogP) is 4.58. The highest BCUT2D eigenvalue weighted by Crippen LogP contribution is 2.35. The number of pyridine rings is 1. The molecular formula is C30H38N4O8. The summed E-state index contributed by atoms with van der Waals surface area (Å²) in [5.74, 6) is -0.688. The van der Waals surface area contributed by atoms with Crippen LogP contribution in [0.3, 0.4) is 0 Å². The number of nitrogens with zero attached hydrogens (tertiary/aromatic N) is 3. The molecule has 0 spiro atoms. The number of hydrogen-bond donors (Lipinski definition) is 2. The molecule has 2 aromatic heterocycles. The number of carboxylic acids is 1. The highest BCUT2D eigenvalue weighted by molar-refractivity contribution is 5.90. The van der Waals surface area contributed by atoms with Crippen molar-refractivity contribution in [3.8, 4) is 22.8 Å². The van der Waals surface area contributed by atoms with E-state index >= 15 is 0 Å². The van der Waals surface area contributed by atoms with Gasteiger partial charge in [-0.1, -0.05) is 25.9 Å². The van der Waals surface area contributed by atoms with Gasteiger partial charge in [-0.15, -0.1) is 0 Å². The van der Waals surface area contributed by atoms with Gasteiger partial charge in [0.1, 0.15) is 40.7 Å². The smallest absolute Gasteiger partial charge is 0.408 e. The van der Waals surface area contributed by atoms with Crippen molar-refractivity contribution >= 4 is 29.1 Å². The Hall–Kier alpha value is -4.35. The Labute approximate surface area is 244 Å². The molecule has 4 rings (SSSR count). The molecule has 1 fully saturated rings. The summed E-state index contributed by atoms with van der Waals surface area (Å²) in [5.41, 5.74) is 1.29. The number of aromatic nitrogens is 2. The normalized spacial score (nSPS) is 18.0. The second kappa shape index (κ2) is 11.5. The molecule has 0 aliphatic carbocycles. The summed E-state index contributed by atoms with van der Waals surface area (Å²) in [5, 5.41) is 16.7. The summed E-state index contributed by atoms with van der Waals surface area (Å²) in [4.78, 5) is 44.6. The van der Waals surface area contributed by atoms with Gasteiger partial charge in [0.05, 0.1) is 19.3 Å². The van der Waals surface area contributed by atoms with E-state index in [0.29, 0.717) is 34.0 Å². The largest absolute Gasteiger partial charge is 0.497 e. The van der Waals surface area contributed by atoms with Crippen LogP contribution in [0.15, 0.2) is 34.9 Å². The van der Waals surface area contributed by atoms with Crippen LogP contribution in [-0.2, 0) is 14.3 Å². The first kappa shape index (κ1) is 30.6. The molecule has 3 atom stereocenters. The van der Waals surface area contributed by atoms with Gasteiger partial charge in [-0.05, 0) is 57.4 Å². The summed E-state index contributed by atoms with van der Waals surface area (Å²) < 4.78 is 22.4. The van der Waals surface area contributed by atoms with E-state index in [9.17, 15) is 19.5 Å². The van der Waals surface area contributed by atoms with E-state index in [4.69, 9.17) is 23.7 Å². The van der Waals surface area contributed by atoms with Crippen molar-refractivity contribution in [3.63, 3.8) is 0 Å². The van der Waals surface area contributed by atoms with Crippen LogP contribution in [0.1, 0.15) is 53.7 Å². The fourth-order valence-electron chi connectivity index (χ4n) is 4.78. The van der Waals surface area contributed by atoms with E-state index in [2.05, 4.69) is 10.5 Å². The van der Waals surface area contributed by atoms with Gasteiger partial charge < -0.3 is 34.1 Å². The number of rotatable bonds is 7. The van der Waals surface area contributed by atoms with Gasteiger partial charge in [0.15, 0.2) is 5.75 Å². The number of amides is 2. The second-order valence-corrected chi connectivity index (χ2v) is 12.4. The van der Waals surface area contributed by atoms with Crippen LogP contribution in [0, 0.1) is 12.3 Å². The molecule has 3 heterocycles. The summed E-state index contributed by atoms with van der Waals surface area (Å²) in [6.45, 7) is 12.3. The van der Waals surface area contributed by atoms with E-state index in [1.807, 2.05) is 24.3 Å². The van der Waals surface area contributed by atoms with E-state index in [-0.39, 0.29) is 13.0 Å². The molecule has 226 valence electrons. The number of likely N-dealkylation sites (tertiary alicyclic amines) is 1. The van der Waals surface area contributed by atoms with Crippen LogP contribution in [0.25, 0.3) is 22.4 Å². The molecule has 1 unspecified atom stereocenters. The van der Waals surface area contributed by atoms with Crippen molar-refractivity contribution < 1.29 is 38.2 Å². The summed E-state index contributed by atoms with van der Waals surface area (Å²) >= 11 is 0. The first-order valence-corrected chi connectivity index (χ1v) is 13.7. The fourth-order valence-corrected chi connectivity index (χ4v) is 4.78. The van der Waals surface area contributed by atoms with Gasteiger partial charge in [-0.25, -0.2) is 14.6 Å². The molecule has 2 amide bonds. The van der Waals surface area contributed by atoms with Gasteiger partial charge >= 0.3 is 12.1 Å². The molecule has 0 radical (unpaired) electrons. The Balaban J connectivity index is 1.62. The Morgan fingerprint density at radius 1 is 1.12 bits per heavy atom. The number of hydrogen-bond acceptors (Lipinski definition) is 9.